The van der Waals surface area contributed by atoms with Crippen LogP contribution in [0.4, 0.5) is 13.2 Å². The number of carbonyl (C=O) groups is 1. The van der Waals surface area contributed by atoms with Gasteiger partial charge in [-0.25, -0.2) is 5.43 Å². The van der Waals surface area contributed by atoms with E-state index in [2.05, 4.69) is 25.8 Å². The second-order valence-electron chi connectivity index (χ2n) is 4.19. The number of nitrogens with zero attached hydrogens (tertiary/aromatic N) is 4. The van der Waals surface area contributed by atoms with E-state index < -0.39 is 18.6 Å². The van der Waals surface area contributed by atoms with Gasteiger partial charge >= 0.3 is 6.18 Å². The predicted octanol–water partition coefficient (Wildman–Crippen LogP) is 1.24. The van der Waals surface area contributed by atoms with Gasteiger partial charge in [0.25, 0.3) is 5.91 Å². The smallest absolute Gasteiger partial charge is 0.282 e. The predicted molar refractivity (Wildman–Crippen MR) is 66.7 cm³/mol. The van der Waals surface area contributed by atoms with Gasteiger partial charge in [-0.05, 0) is 19.1 Å². The fraction of sp³-hybridized carbons (Fsp3) is 0.273. The van der Waals surface area contributed by atoms with Crippen molar-refractivity contribution < 1.29 is 18.0 Å². The molecule has 10 heteroatoms. The largest absolute Gasteiger partial charge is 0.408 e. The van der Waals surface area contributed by atoms with Crippen LogP contribution < -0.4 is 5.43 Å². The van der Waals surface area contributed by atoms with E-state index in [4.69, 9.17) is 0 Å². The highest BCUT2D eigenvalue weighted by Crippen LogP contribution is 2.16. The Morgan fingerprint density at radius 2 is 2.33 bits per heavy atom. The van der Waals surface area contributed by atoms with Gasteiger partial charge in [-0.2, -0.15) is 28.5 Å². The van der Waals surface area contributed by atoms with Crippen LogP contribution in [0.5, 0.6) is 0 Å². The number of rotatable bonds is 4. The number of amides is 1. The van der Waals surface area contributed by atoms with Crippen molar-refractivity contribution in [3.05, 3.63) is 35.4 Å². The molecular formula is C11H11F3N6O. The molecule has 2 aromatic heterocycles. The van der Waals surface area contributed by atoms with Crippen LogP contribution >= 0.6 is 0 Å². The Morgan fingerprint density at radius 3 is 2.95 bits per heavy atom. The molecule has 2 aromatic rings. The normalized spacial score (nSPS) is 12.0. The Morgan fingerprint density at radius 1 is 1.57 bits per heavy atom. The Balaban J connectivity index is 1.91. The van der Waals surface area contributed by atoms with Gasteiger partial charge in [0, 0.05) is 11.9 Å². The van der Waals surface area contributed by atoms with Crippen molar-refractivity contribution in [2.45, 2.75) is 19.6 Å². The molecule has 112 valence electrons. The molecule has 7 nitrogen and oxygen atoms in total. The maximum absolute atomic E-state index is 12.1. The molecule has 0 fully saturated rings. The zero-order valence-electron chi connectivity index (χ0n) is 10.8. The molecule has 0 unspecified atom stereocenters. The van der Waals surface area contributed by atoms with Gasteiger partial charge in [0.1, 0.15) is 12.2 Å². The number of hydrogen-bond acceptors (Lipinski definition) is 4. The molecule has 2 N–H and O–H groups in total. The Hall–Kier alpha value is -2.65. The number of carbonyl (C=O) groups excluding carboxylic acids is 1. The third kappa shape index (κ3) is 4.44. The maximum atomic E-state index is 12.1. The Bertz CT molecular complexity index is 657. The van der Waals surface area contributed by atoms with Crippen molar-refractivity contribution >= 4 is 12.1 Å². The van der Waals surface area contributed by atoms with Gasteiger partial charge < -0.3 is 0 Å². The van der Waals surface area contributed by atoms with Crippen LogP contribution in [0.25, 0.3) is 0 Å². The summed E-state index contributed by atoms with van der Waals surface area (Å²) in [5.41, 5.74) is 3.26. The average molecular weight is 300 g/mol. The van der Waals surface area contributed by atoms with Gasteiger partial charge in [0.05, 0.1) is 6.21 Å². The lowest BCUT2D eigenvalue weighted by Gasteiger charge is -2.04. The number of aromatic amines is 1. The van der Waals surface area contributed by atoms with Crippen molar-refractivity contribution in [3.63, 3.8) is 0 Å². The van der Waals surface area contributed by atoms with Gasteiger partial charge in [-0.3, -0.25) is 14.6 Å². The van der Waals surface area contributed by atoms with E-state index in [0.717, 1.165) is 16.6 Å². The summed E-state index contributed by atoms with van der Waals surface area (Å²) < 4.78 is 37.1. The monoisotopic (exact) mass is 300 g/mol. The van der Waals surface area contributed by atoms with Crippen molar-refractivity contribution in [1.82, 2.24) is 25.4 Å². The Kier molecular flexibility index (Phi) is 4.05. The van der Waals surface area contributed by atoms with Crippen molar-refractivity contribution in [2.24, 2.45) is 5.10 Å². The molecule has 2 rings (SSSR count). The molecular weight excluding hydrogens is 289 g/mol. The summed E-state index contributed by atoms with van der Waals surface area (Å²) >= 11 is 0. The second-order valence-corrected chi connectivity index (χ2v) is 4.19. The van der Waals surface area contributed by atoms with Gasteiger partial charge in [0.15, 0.2) is 5.69 Å². The summed E-state index contributed by atoms with van der Waals surface area (Å²) in [6, 6.07) is 2.88. The molecule has 0 atom stereocenters. The number of H-pyrrole nitrogens is 1. The van der Waals surface area contributed by atoms with E-state index in [-0.39, 0.29) is 11.4 Å². The summed E-state index contributed by atoms with van der Waals surface area (Å²) in [5, 5.41) is 13.6. The molecule has 0 aromatic carbocycles. The maximum Gasteiger partial charge on any atom is 0.408 e. The lowest BCUT2D eigenvalue weighted by molar-refractivity contribution is -0.142. The minimum Gasteiger partial charge on any atom is -0.282 e. The molecule has 0 saturated heterocycles. The van der Waals surface area contributed by atoms with Crippen molar-refractivity contribution in [2.75, 3.05) is 0 Å². The number of aryl methyl sites for hydroxylation is 1. The van der Waals surface area contributed by atoms with Crippen LogP contribution in [0.1, 0.15) is 21.9 Å². The number of halogens is 3. The van der Waals surface area contributed by atoms with E-state index in [0.29, 0.717) is 0 Å². The highest BCUT2D eigenvalue weighted by atomic mass is 19.4. The molecule has 0 bridgehead atoms. The molecule has 0 aliphatic carbocycles. The fourth-order valence-electron chi connectivity index (χ4n) is 1.47. The first kappa shape index (κ1) is 14.8. The van der Waals surface area contributed by atoms with E-state index >= 15 is 0 Å². The molecule has 0 aliphatic heterocycles. The van der Waals surface area contributed by atoms with E-state index in [9.17, 15) is 18.0 Å². The highest BCUT2D eigenvalue weighted by molar-refractivity contribution is 5.92. The van der Waals surface area contributed by atoms with Gasteiger partial charge in [0.2, 0.25) is 0 Å². The SMILES string of the molecule is Cc1cc(C(=O)NN=Cc2ccn(CC(F)(F)F)n2)n[nH]1. The van der Waals surface area contributed by atoms with Gasteiger partial charge in [-0.1, -0.05) is 0 Å². The Labute approximate surface area is 116 Å². The zero-order valence-corrected chi connectivity index (χ0v) is 10.8. The highest BCUT2D eigenvalue weighted by Gasteiger charge is 2.28. The van der Waals surface area contributed by atoms with Crippen LogP contribution in [0.2, 0.25) is 0 Å². The third-order valence-electron chi connectivity index (χ3n) is 2.30. The summed E-state index contributed by atoms with van der Waals surface area (Å²) in [5.74, 6) is -0.537. The first-order chi connectivity index (χ1) is 9.83. The lowest BCUT2D eigenvalue weighted by Crippen LogP contribution is -2.19. The number of hydrogen-bond donors (Lipinski definition) is 2. The van der Waals surface area contributed by atoms with E-state index in [1.807, 2.05) is 0 Å². The first-order valence-electron chi connectivity index (χ1n) is 5.79. The summed E-state index contributed by atoms with van der Waals surface area (Å²) in [6.45, 7) is 0.556. The third-order valence-corrected chi connectivity index (χ3v) is 2.30. The molecule has 0 radical (unpaired) electrons. The van der Waals surface area contributed by atoms with E-state index in [1.165, 1.54) is 18.3 Å². The zero-order chi connectivity index (χ0) is 15.5. The number of alkyl halides is 3. The second kappa shape index (κ2) is 5.77. The van der Waals surface area contributed by atoms with E-state index in [1.54, 1.807) is 6.92 Å². The van der Waals surface area contributed by atoms with Crippen molar-refractivity contribution in [1.29, 1.82) is 0 Å². The van der Waals surface area contributed by atoms with Crippen LogP contribution in [-0.2, 0) is 6.54 Å². The minimum absolute atomic E-state index is 0.159. The molecule has 1 amide bonds. The van der Waals surface area contributed by atoms with Crippen LogP contribution in [0.3, 0.4) is 0 Å². The van der Waals surface area contributed by atoms with Crippen LogP contribution in [0.15, 0.2) is 23.4 Å². The van der Waals surface area contributed by atoms with Gasteiger partial charge in [-0.15, -0.1) is 0 Å². The van der Waals surface area contributed by atoms with Crippen LogP contribution in [0, 0.1) is 6.92 Å². The van der Waals surface area contributed by atoms with Crippen LogP contribution in [-0.4, -0.2) is 38.3 Å². The summed E-state index contributed by atoms with van der Waals surface area (Å²) in [7, 11) is 0. The number of aromatic nitrogens is 4. The number of nitrogens with one attached hydrogen (secondary N) is 2. The fourth-order valence-corrected chi connectivity index (χ4v) is 1.47. The molecule has 0 saturated carbocycles. The number of hydrazone groups is 1. The topological polar surface area (TPSA) is 88.0 Å². The molecule has 0 spiro atoms. The first-order valence-corrected chi connectivity index (χ1v) is 5.79. The lowest BCUT2D eigenvalue weighted by atomic mass is 10.4. The summed E-state index contributed by atoms with van der Waals surface area (Å²) in [6.07, 6.45) is -2.02. The average Bonchev–Trinajstić information content (AvgIpc) is 2.96. The molecule has 0 aliphatic rings. The molecule has 21 heavy (non-hydrogen) atoms. The molecule has 2 heterocycles. The minimum atomic E-state index is -4.34. The van der Waals surface area contributed by atoms with Crippen molar-refractivity contribution in [3.8, 4) is 0 Å². The summed E-state index contributed by atoms with van der Waals surface area (Å²) in [4.78, 5) is 11.6. The standard InChI is InChI=1S/C11H11F3N6O/c1-7-4-9(17-16-7)10(21)18-15-5-8-2-3-20(19-8)6-11(12,13)14/h2-5H,6H2,1H3,(H,16,17)(H,18,21). The quantitative estimate of drug-likeness (QED) is 0.658.